The highest BCUT2D eigenvalue weighted by Crippen LogP contribution is 2.56. The molecule has 0 aliphatic rings. The summed E-state index contributed by atoms with van der Waals surface area (Å²) >= 11 is 0. The van der Waals surface area contributed by atoms with Crippen LogP contribution in [-0.4, -0.2) is 32.6 Å². The Kier molecular flexibility index (Phi) is 21.2. The normalized spacial score (nSPS) is 11.4. The largest absolute Gasteiger partial charge is 0.457 e. The molecule has 0 radical (unpaired) electrons. The number of anilines is 2. The second-order valence-corrected chi connectivity index (χ2v) is 24.1. The van der Waals surface area contributed by atoms with Crippen LogP contribution in [0.5, 0.6) is 46.0 Å². The van der Waals surface area contributed by atoms with E-state index in [0.29, 0.717) is 45.6 Å². The van der Waals surface area contributed by atoms with Crippen LogP contribution in [0.1, 0.15) is 65.2 Å². The van der Waals surface area contributed by atoms with Gasteiger partial charge < -0.3 is 29.6 Å². The standard InChI is InChI=1S/C29H22F6O2.C26H22O4S.C22H20N2O2/c1-19-3-11-23(12-4-19)36-25-15-7-21(8-16-25)27(28(30,31)32,29(33,34)35)22-9-17-26(18-10-22)37-24-13-5-20(2)6-14-24;1-19-3-7-21(8-4-19)29-23-11-15-25(16-12-23)31(27,28)26-17-13-24(14-18-26)30-22-9-5-20(2)6-10-22;1-15-3-11-19(12-4-15)23-21(25)17-7-9-18(10-8-17)22(26)24-20-13-5-16(2)6-14-20/h3-18H,1-2H3;3-18H,1-2H3;3-14H,1-2H3,(H,23,25)(H,24,26). The van der Waals surface area contributed by atoms with E-state index in [1.165, 1.54) is 0 Å². The second kappa shape index (κ2) is 29.6. The Hall–Kier alpha value is -10.9. The van der Waals surface area contributed by atoms with Crippen LogP contribution in [0.25, 0.3) is 0 Å². The Morgan fingerprint density at radius 2 is 0.479 bits per heavy atom. The average molecular weight is 1290 g/mol. The molecule has 11 rings (SSSR count). The molecule has 0 aliphatic carbocycles. The smallest absolute Gasteiger partial charge is 0.411 e. The monoisotopic (exact) mass is 1290 g/mol. The van der Waals surface area contributed by atoms with Gasteiger partial charge >= 0.3 is 12.4 Å². The zero-order valence-electron chi connectivity index (χ0n) is 51.8. The van der Waals surface area contributed by atoms with Gasteiger partial charge in [0.2, 0.25) is 15.3 Å². The fourth-order valence-electron chi connectivity index (χ4n) is 9.46. The molecule has 17 heteroatoms. The molecule has 0 atom stereocenters. The van der Waals surface area contributed by atoms with Crippen molar-refractivity contribution >= 4 is 33.0 Å². The van der Waals surface area contributed by atoms with Gasteiger partial charge in [-0.1, -0.05) is 130 Å². The zero-order valence-corrected chi connectivity index (χ0v) is 52.7. The lowest BCUT2D eigenvalue weighted by atomic mass is 9.73. The number of alkyl halides is 6. The molecule has 11 aromatic carbocycles. The van der Waals surface area contributed by atoms with E-state index in [1.807, 2.05) is 139 Å². The summed E-state index contributed by atoms with van der Waals surface area (Å²) in [6.07, 6.45) is -11.4. The number of rotatable bonds is 16. The van der Waals surface area contributed by atoms with Gasteiger partial charge in [0.05, 0.1) is 9.79 Å². The number of aryl methyl sites for hydroxylation is 6. The molecule has 0 aromatic heterocycles. The first-order valence-electron chi connectivity index (χ1n) is 29.5. The van der Waals surface area contributed by atoms with E-state index in [-0.39, 0.29) is 33.1 Å². The second-order valence-electron chi connectivity index (χ2n) is 22.1. The lowest BCUT2D eigenvalue weighted by Crippen LogP contribution is -2.54. The van der Waals surface area contributed by atoms with Crippen molar-refractivity contribution in [2.75, 3.05) is 10.6 Å². The predicted molar refractivity (Wildman–Crippen MR) is 354 cm³/mol. The minimum absolute atomic E-state index is 0.104. The summed E-state index contributed by atoms with van der Waals surface area (Å²) in [6.45, 7) is 11.7. The number of hydrogen-bond acceptors (Lipinski definition) is 8. The molecule has 11 aromatic rings. The van der Waals surface area contributed by atoms with Gasteiger partial charge in [-0.3, -0.25) is 9.59 Å². The molecule has 0 heterocycles. The van der Waals surface area contributed by atoms with Gasteiger partial charge in [0.25, 0.3) is 11.8 Å². The minimum Gasteiger partial charge on any atom is -0.457 e. The van der Waals surface area contributed by atoms with Crippen molar-refractivity contribution in [1.29, 1.82) is 0 Å². The third-order valence-electron chi connectivity index (χ3n) is 14.7. The number of carbonyl (C=O) groups excluding carboxylic acids is 2. The van der Waals surface area contributed by atoms with Crippen LogP contribution < -0.4 is 29.6 Å². The molecule has 0 unspecified atom stereocenters. The maximum atomic E-state index is 14.4. The van der Waals surface area contributed by atoms with Crippen molar-refractivity contribution in [1.82, 2.24) is 0 Å². The molecule has 0 aliphatic heterocycles. The number of halogens is 6. The van der Waals surface area contributed by atoms with Gasteiger partial charge in [-0.2, -0.15) is 26.3 Å². The topological polar surface area (TPSA) is 129 Å². The van der Waals surface area contributed by atoms with Gasteiger partial charge in [0.15, 0.2) is 0 Å². The van der Waals surface area contributed by atoms with Gasteiger partial charge in [0, 0.05) is 22.5 Å². The highest BCUT2D eigenvalue weighted by atomic mass is 32.2. The summed E-state index contributed by atoms with van der Waals surface area (Å²) in [5, 5.41) is 5.68. The fraction of sp³-hybridized carbons (Fsp3) is 0.117. The van der Waals surface area contributed by atoms with Gasteiger partial charge in [-0.15, -0.1) is 0 Å². The van der Waals surface area contributed by atoms with E-state index >= 15 is 0 Å². The van der Waals surface area contributed by atoms with E-state index in [4.69, 9.17) is 18.9 Å². The van der Waals surface area contributed by atoms with Crippen molar-refractivity contribution < 1.29 is 63.3 Å². The molecule has 0 fully saturated rings. The van der Waals surface area contributed by atoms with Crippen LogP contribution in [0.3, 0.4) is 0 Å². The van der Waals surface area contributed by atoms with E-state index in [2.05, 4.69) is 10.6 Å². The Balaban J connectivity index is 0.000000169. The molecule has 94 heavy (non-hydrogen) atoms. The molecule has 478 valence electrons. The molecule has 2 amide bonds. The van der Waals surface area contributed by atoms with E-state index < -0.39 is 38.7 Å². The van der Waals surface area contributed by atoms with Crippen molar-refractivity contribution in [2.24, 2.45) is 0 Å². The Bertz CT molecular complexity index is 4140. The fourth-order valence-corrected chi connectivity index (χ4v) is 10.7. The van der Waals surface area contributed by atoms with Gasteiger partial charge in [-0.25, -0.2) is 8.42 Å². The van der Waals surface area contributed by atoms with Crippen LogP contribution in [0.2, 0.25) is 0 Å². The van der Waals surface area contributed by atoms with E-state index in [0.717, 1.165) is 93.3 Å². The van der Waals surface area contributed by atoms with Gasteiger partial charge in [0.1, 0.15) is 46.0 Å². The van der Waals surface area contributed by atoms with E-state index in [9.17, 15) is 44.3 Å². The van der Waals surface area contributed by atoms with Crippen molar-refractivity contribution in [2.45, 2.75) is 69.1 Å². The highest BCUT2D eigenvalue weighted by molar-refractivity contribution is 7.91. The average Bonchev–Trinajstić information content (AvgIpc) is 0.720. The number of nitrogens with one attached hydrogen (secondary N) is 2. The van der Waals surface area contributed by atoms with Crippen LogP contribution in [0.4, 0.5) is 37.7 Å². The third-order valence-corrected chi connectivity index (χ3v) is 16.5. The number of ether oxygens (including phenoxy) is 4. The van der Waals surface area contributed by atoms with Crippen LogP contribution in [0.15, 0.2) is 277 Å². The molecule has 0 saturated carbocycles. The molecule has 0 spiro atoms. The van der Waals surface area contributed by atoms with E-state index in [1.54, 1.807) is 121 Å². The lowest BCUT2D eigenvalue weighted by Gasteiger charge is -2.38. The summed E-state index contributed by atoms with van der Waals surface area (Å²) in [6, 6.07) is 71.2. The third kappa shape index (κ3) is 17.4. The minimum atomic E-state index is -5.69. The lowest BCUT2D eigenvalue weighted by molar-refractivity contribution is -0.288. The summed E-state index contributed by atoms with van der Waals surface area (Å²) < 4.78 is 135. The molecular formula is C77H64F6N2O8S. The Morgan fingerprint density at radius 3 is 0.691 bits per heavy atom. The van der Waals surface area contributed by atoms with Crippen molar-refractivity contribution in [3.05, 3.63) is 323 Å². The molecule has 0 bridgehead atoms. The summed E-state index contributed by atoms with van der Waals surface area (Å²) in [4.78, 5) is 25.0. The first-order valence-corrected chi connectivity index (χ1v) is 30.9. The van der Waals surface area contributed by atoms with Crippen LogP contribution in [-0.2, 0) is 15.3 Å². The Morgan fingerprint density at radius 1 is 0.287 bits per heavy atom. The number of carbonyl (C=O) groups is 2. The Labute approximate surface area is 542 Å². The number of amides is 2. The SMILES string of the molecule is Cc1ccc(NC(=O)c2ccc(C(=O)Nc3ccc(C)cc3)cc2)cc1.Cc1ccc(Oc2ccc(C(c3ccc(Oc4ccc(C)cc4)cc3)(C(F)(F)F)C(F)(F)F)cc2)cc1.Cc1ccc(Oc2ccc(S(=O)(=O)c3ccc(Oc4ccc(C)cc4)cc3)cc2)cc1. The molecular weight excluding hydrogens is 1230 g/mol. The zero-order chi connectivity index (χ0) is 67.2. The van der Waals surface area contributed by atoms with Gasteiger partial charge in [-0.05, 0) is 223 Å². The first-order chi connectivity index (χ1) is 44.8. The first kappa shape index (κ1) is 67.5. The number of benzene rings is 11. The molecule has 2 N–H and O–H groups in total. The van der Waals surface area contributed by atoms with Crippen LogP contribution in [0, 0.1) is 41.5 Å². The molecule has 0 saturated heterocycles. The quantitative estimate of drug-likeness (QED) is 0.0915. The highest BCUT2D eigenvalue weighted by Gasteiger charge is 2.72. The summed E-state index contributed by atoms with van der Waals surface area (Å²) in [5.74, 6) is 3.14. The summed E-state index contributed by atoms with van der Waals surface area (Å²) in [7, 11) is -3.64. The number of hydrogen-bond donors (Lipinski definition) is 2. The predicted octanol–water partition coefficient (Wildman–Crippen LogP) is 20.8. The summed E-state index contributed by atoms with van der Waals surface area (Å²) in [5.41, 5.74) is 2.75. The molecule has 10 nitrogen and oxygen atoms in total. The maximum Gasteiger partial charge on any atom is 0.411 e. The van der Waals surface area contributed by atoms with Crippen molar-refractivity contribution in [3.63, 3.8) is 0 Å². The van der Waals surface area contributed by atoms with Crippen LogP contribution >= 0.6 is 0 Å². The maximum absolute atomic E-state index is 14.4. The van der Waals surface area contributed by atoms with Crippen molar-refractivity contribution in [3.8, 4) is 46.0 Å². The number of sulfone groups is 1.